The summed E-state index contributed by atoms with van der Waals surface area (Å²) in [6, 6.07) is 0. The topological polar surface area (TPSA) is 0 Å². The number of hydrogen-bond donors (Lipinski definition) is 0. The molecule has 90 valence electrons. The molecule has 0 unspecified atom stereocenters. The van der Waals surface area contributed by atoms with Crippen LogP contribution in [0.5, 0.6) is 0 Å². The van der Waals surface area contributed by atoms with Gasteiger partial charge >= 0.3 is 0 Å². The van der Waals surface area contributed by atoms with Gasteiger partial charge in [0.2, 0.25) is 0 Å². The van der Waals surface area contributed by atoms with Crippen LogP contribution in [0.15, 0.2) is 0 Å². The average molecular weight is 210 g/mol. The molecule has 0 atom stereocenters. The van der Waals surface area contributed by atoms with E-state index in [4.69, 9.17) is 0 Å². The Hall–Kier alpha value is 0. The van der Waals surface area contributed by atoms with Crippen molar-refractivity contribution in [1.82, 2.24) is 0 Å². The minimum Gasteiger partial charge on any atom is -0.0654 e. The highest BCUT2D eigenvalue weighted by molar-refractivity contribution is 4.81. The third-order valence-electron chi connectivity index (χ3n) is 4.49. The molecular weight excluding hydrogens is 180 g/mol. The molecule has 0 radical (unpaired) electrons. The highest BCUT2D eigenvalue weighted by Gasteiger charge is 2.29. The molecule has 0 amide bonds. The maximum absolute atomic E-state index is 2.42. The van der Waals surface area contributed by atoms with Gasteiger partial charge in [-0.25, -0.2) is 0 Å². The molecule has 1 saturated carbocycles. The Labute approximate surface area is 96.8 Å². The Morgan fingerprint density at radius 2 is 1.60 bits per heavy atom. The first-order valence-corrected chi connectivity index (χ1v) is 7.07. The van der Waals surface area contributed by atoms with E-state index in [0.717, 1.165) is 11.8 Å². The van der Waals surface area contributed by atoms with Gasteiger partial charge in [-0.3, -0.25) is 0 Å². The second-order valence-electron chi connectivity index (χ2n) is 6.40. The first-order valence-electron chi connectivity index (χ1n) is 7.07. The summed E-state index contributed by atoms with van der Waals surface area (Å²) in [5.41, 5.74) is 0.592. The van der Waals surface area contributed by atoms with Gasteiger partial charge < -0.3 is 0 Å². The van der Waals surface area contributed by atoms with Gasteiger partial charge in [-0.15, -0.1) is 0 Å². The molecule has 0 heteroatoms. The van der Waals surface area contributed by atoms with Crippen molar-refractivity contribution in [1.29, 1.82) is 0 Å². The normalized spacial score (nSPS) is 26.4. The van der Waals surface area contributed by atoms with Crippen molar-refractivity contribution in [2.75, 3.05) is 0 Å². The summed E-state index contributed by atoms with van der Waals surface area (Å²) in [6.07, 6.45) is 11.7. The number of rotatable bonds is 7. The predicted molar refractivity (Wildman–Crippen MR) is 69.0 cm³/mol. The van der Waals surface area contributed by atoms with Crippen LogP contribution in [0.4, 0.5) is 0 Å². The molecule has 1 fully saturated rings. The van der Waals surface area contributed by atoms with Crippen LogP contribution in [-0.2, 0) is 0 Å². The Bertz CT molecular complexity index is 163. The first-order chi connectivity index (χ1) is 7.07. The quantitative estimate of drug-likeness (QED) is 0.526. The van der Waals surface area contributed by atoms with Crippen molar-refractivity contribution >= 4 is 0 Å². The third kappa shape index (κ3) is 4.57. The molecule has 1 rings (SSSR count). The van der Waals surface area contributed by atoms with Gasteiger partial charge in [0, 0.05) is 0 Å². The van der Waals surface area contributed by atoms with Crippen LogP contribution in [0.2, 0.25) is 0 Å². The van der Waals surface area contributed by atoms with Crippen LogP contribution >= 0.6 is 0 Å². The summed E-state index contributed by atoms with van der Waals surface area (Å²) in [4.78, 5) is 0. The second kappa shape index (κ2) is 5.92. The lowest BCUT2D eigenvalue weighted by Gasteiger charge is -2.37. The van der Waals surface area contributed by atoms with Crippen LogP contribution in [0.3, 0.4) is 0 Å². The molecule has 0 aromatic carbocycles. The van der Waals surface area contributed by atoms with E-state index >= 15 is 0 Å². The van der Waals surface area contributed by atoms with Crippen LogP contribution in [0.1, 0.15) is 79.1 Å². The van der Waals surface area contributed by atoms with Crippen molar-refractivity contribution in [3.8, 4) is 0 Å². The largest absolute Gasteiger partial charge is 0.0654 e. The number of unbranched alkanes of at least 4 members (excludes halogenated alkanes) is 1. The molecule has 0 spiro atoms. The molecule has 15 heavy (non-hydrogen) atoms. The summed E-state index contributed by atoms with van der Waals surface area (Å²) >= 11 is 0. The smallest absolute Gasteiger partial charge is 0.0357 e. The van der Waals surface area contributed by atoms with Crippen LogP contribution < -0.4 is 0 Å². The van der Waals surface area contributed by atoms with E-state index in [-0.39, 0.29) is 0 Å². The van der Waals surface area contributed by atoms with Gasteiger partial charge in [-0.1, -0.05) is 53.4 Å². The van der Waals surface area contributed by atoms with Crippen molar-refractivity contribution in [3.05, 3.63) is 0 Å². The molecule has 0 N–H and O–H groups in total. The highest BCUT2D eigenvalue weighted by atomic mass is 14.3. The molecule has 1 aliphatic carbocycles. The van der Waals surface area contributed by atoms with E-state index < -0.39 is 0 Å². The molecule has 0 bridgehead atoms. The maximum atomic E-state index is 2.42. The summed E-state index contributed by atoms with van der Waals surface area (Å²) in [7, 11) is 0. The lowest BCUT2D eigenvalue weighted by atomic mass is 9.68. The first kappa shape index (κ1) is 13.1. The molecule has 0 nitrogen and oxygen atoms in total. The average Bonchev–Trinajstić information content (AvgIpc) is 2.15. The van der Waals surface area contributed by atoms with Crippen LogP contribution in [0, 0.1) is 17.3 Å². The zero-order valence-electron chi connectivity index (χ0n) is 11.3. The Kier molecular flexibility index (Phi) is 5.15. The SMILES string of the molecule is CCCCC1CC(CCC(C)(C)CC)C1. The minimum absolute atomic E-state index is 0.592. The summed E-state index contributed by atoms with van der Waals surface area (Å²) in [5.74, 6) is 2.18. The minimum atomic E-state index is 0.592. The predicted octanol–water partition coefficient (Wildman–Crippen LogP) is 5.42. The fraction of sp³-hybridized carbons (Fsp3) is 1.00. The molecule has 0 aliphatic heterocycles. The van der Waals surface area contributed by atoms with Crippen molar-refractivity contribution in [3.63, 3.8) is 0 Å². The Morgan fingerprint density at radius 1 is 1.00 bits per heavy atom. The Morgan fingerprint density at radius 3 is 2.13 bits per heavy atom. The van der Waals surface area contributed by atoms with E-state index in [1.165, 1.54) is 38.5 Å². The molecule has 0 heterocycles. The van der Waals surface area contributed by atoms with Gasteiger partial charge in [-0.2, -0.15) is 0 Å². The van der Waals surface area contributed by atoms with Gasteiger partial charge in [0.15, 0.2) is 0 Å². The summed E-state index contributed by atoms with van der Waals surface area (Å²) in [5, 5.41) is 0. The fourth-order valence-electron chi connectivity index (χ4n) is 2.61. The third-order valence-corrected chi connectivity index (χ3v) is 4.49. The lowest BCUT2D eigenvalue weighted by molar-refractivity contribution is 0.145. The molecular formula is C15H30. The number of hydrogen-bond acceptors (Lipinski definition) is 0. The van der Waals surface area contributed by atoms with E-state index in [0.29, 0.717) is 5.41 Å². The fourth-order valence-corrected chi connectivity index (χ4v) is 2.61. The van der Waals surface area contributed by atoms with Gasteiger partial charge in [0.05, 0.1) is 0 Å². The summed E-state index contributed by atoms with van der Waals surface area (Å²) in [6.45, 7) is 9.46. The van der Waals surface area contributed by atoms with E-state index in [1.807, 2.05) is 0 Å². The molecule has 0 aromatic heterocycles. The van der Waals surface area contributed by atoms with Crippen LogP contribution in [-0.4, -0.2) is 0 Å². The summed E-state index contributed by atoms with van der Waals surface area (Å²) < 4.78 is 0. The molecule has 0 saturated heterocycles. The van der Waals surface area contributed by atoms with Crippen molar-refractivity contribution in [2.24, 2.45) is 17.3 Å². The highest BCUT2D eigenvalue weighted by Crippen LogP contribution is 2.42. The maximum Gasteiger partial charge on any atom is -0.0357 e. The van der Waals surface area contributed by atoms with E-state index in [9.17, 15) is 0 Å². The molecule has 0 aromatic rings. The second-order valence-corrected chi connectivity index (χ2v) is 6.40. The monoisotopic (exact) mass is 210 g/mol. The van der Waals surface area contributed by atoms with E-state index in [2.05, 4.69) is 27.7 Å². The lowest BCUT2D eigenvalue weighted by Crippen LogP contribution is -2.25. The van der Waals surface area contributed by atoms with Crippen molar-refractivity contribution in [2.45, 2.75) is 79.1 Å². The standard InChI is InChI=1S/C15H30/c1-5-7-8-13-11-14(12-13)9-10-15(3,4)6-2/h13-14H,5-12H2,1-4H3. The van der Waals surface area contributed by atoms with Crippen LogP contribution in [0.25, 0.3) is 0 Å². The van der Waals surface area contributed by atoms with Gasteiger partial charge in [0.1, 0.15) is 0 Å². The van der Waals surface area contributed by atoms with Gasteiger partial charge in [0.25, 0.3) is 0 Å². The zero-order valence-corrected chi connectivity index (χ0v) is 11.3. The van der Waals surface area contributed by atoms with E-state index in [1.54, 1.807) is 12.8 Å². The van der Waals surface area contributed by atoms with Crippen molar-refractivity contribution < 1.29 is 0 Å². The Balaban J connectivity index is 2.03. The van der Waals surface area contributed by atoms with Gasteiger partial charge in [-0.05, 0) is 42.9 Å². The zero-order chi connectivity index (χ0) is 11.3. The molecule has 1 aliphatic rings.